The zero-order valence-corrected chi connectivity index (χ0v) is 16.7. The monoisotopic (exact) mass is 434 g/mol. The minimum absolute atomic E-state index is 0.0383. The van der Waals surface area contributed by atoms with Gasteiger partial charge in [-0.15, -0.1) is 0 Å². The maximum absolute atomic E-state index is 13.9. The van der Waals surface area contributed by atoms with Crippen molar-refractivity contribution < 1.29 is 22.3 Å². The molecule has 9 heteroatoms. The molecule has 0 unspecified atom stereocenters. The minimum atomic E-state index is -3.86. The Hall–Kier alpha value is -3.10. The zero-order valence-electron chi connectivity index (χ0n) is 15.1. The molecule has 3 rings (SSSR count). The van der Waals surface area contributed by atoms with Gasteiger partial charge in [-0.3, -0.25) is 9.52 Å². The number of carbonyl (C=O) groups excluding carboxylic acids is 1. The van der Waals surface area contributed by atoms with Gasteiger partial charge in [0.05, 0.1) is 17.7 Å². The first kappa shape index (κ1) is 20.6. The topological polar surface area (TPSA) is 84.5 Å². The lowest BCUT2D eigenvalue weighted by Gasteiger charge is -2.11. The standard InChI is InChI=1S/C20H16ClFN2O4S/c1-28-16-6-8-17(9-7-16)29(26,27)24-15-4-2-3-13(11-15)20(25)23-19-10-5-14(21)12-18(19)22/h2-12,24H,1H3,(H,23,25). The lowest BCUT2D eigenvalue weighted by atomic mass is 10.2. The third-order valence-electron chi connectivity index (χ3n) is 3.93. The molecule has 0 bridgehead atoms. The molecule has 0 aromatic heterocycles. The van der Waals surface area contributed by atoms with Gasteiger partial charge in [-0.2, -0.15) is 0 Å². The molecule has 0 spiro atoms. The highest BCUT2D eigenvalue weighted by molar-refractivity contribution is 7.92. The number of halogens is 2. The molecule has 0 heterocycles. The highest BCUT2D eigenvalue weighted by atomic mass is 35.5. The fourth-order valence-electron chi connectivity index (χ4n) is 2.48. The van der Waals surface area contributed by atoms with Crippen LogP contribution in [0.25, 0.3) is 0 Å². The van der Waals surface area contributed by atoms with Crippen molar-refractivity contribution in [3.63, 3.8) is 0 Å². The summed E-state index contributed by atoms with van der Waals surface area (Å²) >= 11 is 5.70. The molecule has 0 aliphatic carbocycles. The molecule has 0 saturated carbocycles. The molecule has 3 aromatic carbocycles. The van der Waals surface area contributed by atoms with Crippen LogP contribution < -0.4 is 14.8 Å². The number of carbonyl (C=O) groups is 1. The Kier molecular flexibility index (Phi) is 6.05. The van der Waals surface area contributed by atoms with Crippen molar-refractivity contribution in [2.24, 2.45) is 0 Å². The number of nitrogens with one attached hydrogen (secondary N) is 2. The summed E-state index contributed by atoms with van der Waals surface area (Å²) in [5, 5.41) is 2.63. The average Bonchev–Trinajstić information content (AvgIpc) is 2.70. The van der Waals surface area contributed by atoms with Gasteiger partial charge in [0.1, 0.15) is 11.6 Å². The fourth-order valence-corrected chi connectivity index (χ4v) is 3.69. The molecule has 0 fully saturated rings. The van der Waals surface area contributed by atoms with Gasteiger partial charge in [0.2, 0.25) is 0 Å². The quantitative estimate of drug-likeness (QED) is 0.596. The normalized spacial score (nSPS) is 11.0. The van der Waals surface area contributed by atoms with Gasteiger partial charge in [-0.25, -0.2) is 12.8 Å². The smallest absolute Gasteiger partial charge is 0.261 e. The summed E-state index contributed by atoms with van der Waals surface area (Å²) < 4.78 is 46.4. The number of hydrogen-bond donors (Lipinski definition) is 2. The van der Waals surface area contributed by atoms with Crippen LogP contribution in [0.3, 0.4) is 0 Å². The average molecular weight is 435 g/mol. The van der Waals surface area contributed by atoms with Crippen molar-refractivity contribution in [3.8, 4) is 5.75 Å². The Bertz CT molecular complexity index is 1150. The first-order chi connectivity index (χ1) is 13.8. The Morgan fingerprint density at radius 1 is 1.03 bits per heavy atom. The van der Waals surface area contributed by atoms with Crippen LogP contribution in [0.15, 0.2) is 71.6 Å². The van der Waals surface area contributed by atoms with E-state index in [-0.39, 0.29) is 26.9 Å². The molecule has 2 N–H and O–H groups in total. The van der Waals surface area contributed by atoms with Crippen LogP contribution in [0, 0.1) is 5.82 Å². The Morgan fingerprint density at radius 3 is 2.41 bits per heavy atom. The van der Waals surface area contributed by atoms with Gasteiger partial charge in [0, 0.05) is 16.3 Å². The van der Waals surface area contributed by atoms with Crippen LogP contribution in [0.5, 0.6) is 5.75 Å². The van der Waals surface area contributed by atoms with Crippen LogP contribution >= 0.6 is 11.6 Å². The van der Waals surface area contributed by atoms with Gasteiger partial charge < -0.3 is 10.1 Å². The minimum Gasteiger partial charge on any atom is -0.497 e. The number of amides is 1. The van der Waals surface area contributed by atoms with E-state index in [0.29, 0.717) is 5.75 Å². The molecular weight excluding hydrogens is 419 g/mol. The summed E-state index contributed by atoms with van der Waals surface area (Å²) in [4.78, 5) is 12.4. The molecular formula is C20H16ClFN2O4S. The Morgan fingerprint density at radius 2 is 1.76 bits per heavy atom. The van der Waals surface area contributed by atoms with Crippen LogP contribution in [-0.4, -0.2) is 21.4 Å². The van der Waals surface area contributed by atoms with Crippen LogP contribution in [-0.2, 0) is 10.0 Å². The molecule has 3 aromatic rings. The number of methoxy groups -OCH3 is 1. The summed E-state index contributed by atoms with van der Waals surface area (Å²) in [6.45, 7) is 0. The summed E-state index contributed by atoms with van der Waals surface area (Å²) in [5.41, 5.74) is 0.294. The summed E-state index contributed by atoms with van der Waals surface area (Å²) in [6, 6.07) is 15.6. The number of benzene rings is 3. The molecule has 150 valence electrons. The summed E-state index contributed by atoms with van der Waals surface area (Å²) in [7, 11) is -2.38. The summed E-state index contributed by atoms with van der Waals surface area (Å²) in [6.07, 6.45) is 0. The molecule has 0 aliphatic heterocycles. The predicted molar refractivity (Wildman–Crippen MR) is 110 cm³/mol. The zero-order chi connectivity index (χ0) is 21.0. The number of anilines is 2. The third-order valence-corrected chi connectivity index (χ3v) is 5.56. The van der Waals surface area contributed by atoms with Crippen LogP contribution in [0.4, 0.5) is 15.8 Å². The fraction of sp³-hybridized carbons (Fsp3) is 0.0500. The lowest BCUT2D eigenvalue weighted by Crippen LogP contribution is -2.15. The van der Waals surface area contributed by atoms with Crippen molar-refractivity contribution in [1.82, 2.24) is 0 Å². The van der Waals surface area contributed by atoms with E-state index in [1.54, 1.807) is 0 Å². The van der Waals surface area contributed by atoms with E-state index in [9.17, 15) is 17.6 Å². The van der Waals surface area contributed by atoms with E-state index in [4.69, 9.17) is 16.3 Å². The predicted octanol–water partition coefficient (Wildman–Crippen LogP) is 4.54. The SMILES string of the molecule is COc1ccc(S(=O)(=O)Nc2cccc(C(=O)Nc3ccc(Cl)cc3F)c2)cc1. The van der Waals surface area contributed by atoms with Crippen molar-refractivity contribution >= 4 is 38.9 Å². The van der Waals surface area contributed by atoms with Crippen LogP contribution in [0.1, 0.15) is 10.4 Å². The molecule has 6 nitrogen and oxygen atoms in total. The number of sulfonamides is 1. The highest BCUT2D eigenvalue weighted by Gasteiger charge is 2.16. The molecule has 0 saturated heterocycles. The second kappa shape index (κ2) is 8.50. The first-order valence-electron chi connectivity index (χ1n) is 8.32. The van der Waals surface area contributed by atoms with E-state index >= 15 is 0 Å². The largest absolute Gasteiger partial charge is 0.497 e. The van der Waals surface area contributed by atoms with Crippen molar-refractivity contribution in [2.45, 2.75) is 4.90 Å². The number of rotatable bonds is 6. The van der Waals surface area contributed by atoms with E-state index in [0.717, 1.165) is 6.07 Å². The maximum atomic E-state index is 13.9. The lowest BCUT2D eigenvalue weighted by molar-refractivity contribution is 0.102. The van der Waals surface area contributed by atoms with E-state index < -0.39 is 21.7 Å². The van der Waals surface area contributed by atoms with Crippen molar-refractivity contribution in [3.05, 3.63) is 83.1 Å². The molecule has 1 amide bonds. The molecule has 0 atom stereocenters. The highest BCUT2D eigenvalue weighted by Crippen LogP contribution is 2.22. The second-order valence-corrected chi connectivity index (χ2v) is 8.06. The van der Waals surface area contributed by atoms with E-state index in [1.165, 1.54) is 67.8 Å². The van der Waals surface area contributed by atoms with Gasteiger partial charge in [-0.1, -0.05) is 17.7 Å². The van der Waals surface area contributed by atoms with Crippen molar-refractivity contribution in [2.75, 3.05) is 17.1 Å². The second-order valence-electron chi connectivity index (χ2n) is 5.94. The maximum Gasteiger partial charge on any atom is 0.261 e. The molecule has 0 radical (unpaired) electrons. The summed E-state index contributed by atoms with van der Waals surface area (Å²) in [5.74, 6) is -0.754. The van der Waals surface area contributed by atoms with Gasteiger partial charge in [0.15, 0.2) is 0 Å². The molecule has 0 aliphatic rings. The van der Waals surface area contributed by atoms with Gasteiger partial charge in [0.25, 0.3) is 15.9 Å². The Labute approximate surface area is 172 Å². The van der Waals surface area contributed by atoms with Gasteiger partial charge in [-0.05, 0) is 60.7 Å². The molecule has 29 heavy (non-hydrogen) atoms. The van der Waals surface area contributed by atoms with Crippen molar-refractivity contribution in [1.29, 1.82) is 0 Å². The number of hydrogen-bond acceptors (Lipinski definition) is 4. The van der Waals surface area contributed by atoms with Crippen LogP contribution in [0.2, 0.25) is 5.02 Å². The van der Waals surface area contributed by atoms with E-state index in [2.05, 4.69) is 10.0 Å². The number of ether oxygens (including phenoxy) is 1. The van der Waals surface area contributed by atoms with E-state index in [1.807, 2.05) is 0 Å². The third kappa shape index (κ3) is 5.04. The van der Waals surface area contributed by atoms with Gasteiger partial charge >= 0.3 is 0 Å². The Balaban J connectivity index is 1.78. The first-order valence-corrected chi connectivity index (χ1v) is 10.2.